The second-order valence-corrected chi connectivity index (χ2v) is 3.95. The van der Waals surface area contributed by atoms with Gasteiger partial charge in [0.1, 0.15) is 0 Å². The highest BCUT2D eigenvalue weighted by Crippen LogP contribution is 2.33. The lowest BCUT2D eigenvalue weighted by Gasteiger charge is -2.16. The first-order chi connectivity index (χ1) is 7.60. The lowest BCUT2D eigenvalue weighted by Crippen LogP contribution is -2.28. The van der Waals surface area contributed by atoms with E-state index in [0.717, 1.165) is 0 Å². The molecule has 0 aromatic rings. The molecule has 0 heterocycles. The second-order valence-electron chi connectivity index (χ2n) is 3.95. The number of hydrogen-bond donors (Lipinski definition) is 1. The first-order valence-electron chi connectivity index (χ1n) is 5.69. The molecule has 1 aliphatic carbocycles. The first kappa shape index (κ1) is 13.0. The summed E-state index contributed by atoms with van der Waals surface area (Å²) in [6, 6.07) is -0.121. The smallest absolute Gasteiger partial charge is 0.309 e. The van der Waals surface area contributed by atoms with Gasteiger partial charge < -0.3 is 15.2 Å². The van der Waals surface area contributed by atoms with Crippen molar-refractivity contribution in [2.75, 3.05) is 13.2 Å². The van der Waals surface area contributed by atoms with E-state index in [2.05, 4.69) is 0 Å². The van der Waals surface area contributed by atoms with Crippen LogP contribution in [-0.4, -0.2) is 31.2 Å². The fraction of sp³-hybridized carbons (Fsp3) is 0.818. The van der Waals surface area contributed by atoms with Crippen molar-refractivity contribution in [1.82, 2.24) is 0 Å². The quantitative estimate of drug-likeness (QED) is 0.709. The molecule has 0 radical (unpaired) electrons. The molecule has 0 aromatic carbocycles. The maximum atomic E-state index is 11.6. The van der Waals surface area contributed by atoms with E-state index in [4.69, 9.17) is 15.2 Å². The van der Waals surface area contributed by atoms with Gasteiger partial charge in [-0.1, -0.05) is 0 Å². The molecule has 0 amide bonds. The average molecular weight is 229 g/mol. The molecule has 1 fully saturated rings. The Hall–Kier alpha value is -1.10. The third kappa shape index (κ3) is 2.95. The number of carbonyl (C=O) groups excluding carboxylic acids is 2. The topological polar surface area (TPSA) is 78.6 Å². The van der Waals surface area contributed by atoms with Gasteiger partial charge in [0.25, 0.3) is 0 Å². The van der Waals surface area contributed by atoms with Crippen LogP contribution in [0.4, 0.5) is 0 Å². The van der Waals surface area contributed by atoms with Crippen LogP contribution in [0.5, 0.6) is 0 Å². The highest BCUT2D eigenvalue weighted by molar-refractivity contribution is 5.83. The number of nitrogens with two attached hydrogens (primary N) is 1. The number of hydrogen-bond acceptors (Lipinski definition) is 5. The standard InChI is InChI=1S/C11H19NO4/c1-3-15-10(13)8-5-7(12)6-9(8)11(14)16-4-2/h7-9H,3-6,12H2,1-2H3/t8-,9-/m1/s1. The van der Waals surface area contributed by atoms with Crippen LogP contribution in [0.15, 0.2) is 0 Å². The first-order valence-corrected chi connectivity index (χ1v) is 5.69. The maximum Gasteiger partial charge on any atom is 0.309 e. The van der Waals surface area contributed by atoms with Crippen LogP contribution in [0.1, 0.15) is 26.7 Å². The maximum absolute atomic E-state index is 11.6. The summed E-state index contributed by atoms with van der Waals surface area (Å²) in [5, 5.41) is 0. The highest BCUT2D eigenvalue weighted by atomic mass is 16.5. The van der Waals surface area contributed by atoms with E-state index in [-0.39, 0.29) is 18.0 Å². The molecule has 0 saturated heterocycles. The summed E-state index contributed by atoms with van der Waals surface area (Å²) in [5.74, 6) is -1.55. The molecule has 0 aromatic heterocycles. The van der Waals surface area contributed by atoms with Gasteiger partial charge in [-0.3, -0.25) is 9.59 Å². The average Bonchev–Trinajstić information content (AvgIpc) is 2.61. The van der Waals surface area contributed by atoms with Crippen molar-refractivity contribution in [2.24, 2.45) is 17.6 Å². The van der Waals surface area contributed by atoms with Gasteiger partial charge in [-0.2, -0.15) is 0 Å². The Morgan fingerprint density at radius 3 is 1.75 bits per heavy atom. The molecule has 1 rings (SSSR count). The summed E-state index contributed by atoms with van der Waals surface area (Å²) in [4.78, 5) is 23.2. The molecule has 0 bridgehead atoms. The van der Waals surface area contributed by atoms with E-state index in [1.807, 2.05) is 0 Å². The number of rotatable bonds is 4. The predicted molar refractivity (Wildman–Crippen MR) is 57.5 cm³/mol. The molecule has 1 aliphatic rings. The lowest BCUT2D eigenvalue weighted by molar-refractivity contribution is -0.158. The molecule has 16 heavy (non-hydrogen) atoms. The van der Waals surface area contributed by atoms with Crippen molar-refractivity contribution in [1.29, 1.82) is 0 Å². The SMILES string of the molecule is CCOC(=O)[C@@H]1CC(N)C[C@H]1C(=O)OCC. The number of ether oxygens (including phenoxy) is 2. The molecule has 2 atom stereocenters. The van der Waals surface area contributed by atoms with E-state index in [1.165, 1.54) is 0 Å². The monoisotopic (exact) mass is 229 g/mol. The molecule has 0 unspecified atom stereocenters. The Balaban J connectivity index is 2.66. The van der Waals surface area contributed by atoms with E-state index < -0.39 is 11.8 Å². The Morgan fingerprint density at radius 2 is 1.44 bits per heavy atom. The van der Waals surface area contributed by atoms with Crippen molar-refractivity contribution in [3.8, 4) is 0 Å². The molecule has 92 valence electrons. The fourth-order valence-electron chi connectivity index (χ4n) is 2.10. The molecule has 5 nitrogen and oxygen atoms in total. The third-order valence-electron chi connectivity index (χ3n) is 2.78. The van der Waals surface area contributed by atoms with E-state index in [1.54, 1.807) is 13.8 Å². The summed E-state index contributed by atoms with van der Waals surface area (Å²) in [6.07, 6.45) is 1.00. The Morgan fingerprint density at radius 1 is 1.06 bits per heavy atom. The van der Waals surface area contributed by atoms with Crippen molar-refractivity contribution < 1.29 is 19.1 Å². The second kappa shape index (κ2) is 5.84. The summed E-state index contributed by atoms with van der Waals surface area (Å²) in [7, 11) is 0. The van der Waals surface area contributed by atoms with Crippen LogP contribution < -0.4 is 5.73 Å². The summed E-state index contributed by atoms with van der Waals surface area (Å²) in [5.41, 5.74) is 5.77. The number of esters is 2. The normalized spacial score (nSPS) is 25.4. The number of carbonyl (C=O) groups is 2. The van der Waals surface area contributed by atoms with Gasteiger partial charge in [-0.25, -0.2) is 0 Å². The van der Waals surface area contributed by atoms with Crippen molar-refractivity contribution in [3.63, 3.8) is 0 Å². The van der Waals surface area contributed by atoms with Crippen molar-refractivity contribution in [2.45, 2.75) is 32.7 Å². The van der Waals surface area contributed by atoms with Crippen LogP contribution in [-0.2, 0) is 19.1 Å². The Kier molecular flexibility index (Phi) is 4.73. The van der Waals surface area contributed by atoms with Gasteiger partial charge in [-0.15, -0.1) is 0 Å². The zero-order chi connectivity index (χ0) is 12.1. The summed E-state index contributed by atoms with van der Waals surface area (Å²) in [6.45, 7) is 4.12. The van der Waals surface area contributed by atoms with Crippen LogP contribution in [0.2, 0.25) is 0 Å². The van der Waals surface area contributed by atoms with Crippen molar-refractivity contribution >= 4 is 11.9 Å². The van der Waals surface area contributed by atoms with Crippen LogP contribution >= 0.6 is 0 Å². The van der Waals surface area contributed by atoms with E-state index >= 15 is 0 Å². The summed E-state index contributed by atoms with van der Waals surface area (Å²) >= 11 is 0. The van der Waals surface area contributed by atoms with E-state index in [0.29, 0.717) is 26.1 Å². The van der Waals surface area contributed by atoms with E-state index in [9.17, 15) is 9.59 Å². The van der Waals surface area contributed by atoms with Gasteiger partial charge in [0.05, 0.1) is 25.0 Å². The zero-order valence-electron chi connectivity index (χ0n) is 9.77. The van der Waals surface area contributed by atoms with Gasteiger partial charge in [0.2, 0.25) is 0 Å². The Bertz CT molecular complexity index is 241. The minimum atomic E-state index is -0.436. The van der Waals surface area contributed by atoms with Crippen LogP contribution in [0.25, 0.3) is 0 Å². The summed E-state index contributed by atoms with van der Waals surface area (Å²) < 4.78 is 9.86. The molecule has 2 N–H and O–H groups in total. The van der Waals surface area contributed by atoms with Gasteiger partial charge in [-0.05, 0) is 26.7 Å². The highest BCUT2D eigenvalue weighted by Gasteiger charge is 2.43. The molecular weight excluding hydrogens is 210 g/mol. The Labute approximate surface area is 95.3 Å². The van der Waals surface area contributed by atoms with Gasteiger partial charge in [0, 0.05) is 6.04 Å². The third-order valence-corrected chi connectivity index (χ3v) is 2.78. The minimum Gasteiger partial charge on any atom is -0.466 e. The molecule has 1 saturated carbocycles. The molecular formula is C11H19NO4. The predicted octanol–water partition coefficient (Wildman–Crippen LogP) is 0.466. The van der Waals surface area contributed by atoms with Crippen molar-refractivity contribution in [3.05, 3.63) is 0 Å². The molecule has 0 spiro atoms. The van der Waals surface area contributed by atoms with Crippen LogP contribution in [0.3, 0.4) is 0 Å². The van der Waals surface area contributed by atoms with Crippen LogP contribution in [0, 0.1) is 11.8 Å². The van der Waals surface area contributed by atoms with Gasteiger partial charge in [0.15, 0.2) is 0 Å². The zero-order valence-corrected chi connectivity index (χ0v) is 9.77. The van der Waals surface area contributed by atoms with Gasteiger partial charge >= 0.3 is 11.9 Å². The molecule has 5 heteroatoms. The lowest BCUT2D eigenvalue weighted by atomic mass is 9.96. The fourth-order valence-corrected chi connectivity index (χ4v) is 2.10. The molecule has 0 aliphatic heterocycles. The minimum absolute atomic E-state index is 0.121. The largest absolute Gasteiger partial charge is 0.466 e.